The van der Waals surface area contributed by atoms with Crippen LogP contribution in [0, 0.1) is 0 Å². The van der Waals surface area contributed by atoms with Crippen LogP contribution in [0.1, 0.15) is 48.5 Å². The number of rotatable bonds is 2. The highest BCUT2D eigenvalue weighted by atomic mass is 16.4. The fourth-order valence-corrected chi connectivity index (χ4v) is 2.89. The molecular formula is C18H26N2O2. The summed E-state index contributed by atoms with van der Waals surface area (Å²) >= 11 is 0. The highest BCUT2D eigenvalue weighted by Gasteiger charge is 2.12. The molecule has 1 saturated heterocycles. The summed E-state index contributed by atoms with van der Waals surface area (Å²) in [5.41, 5.74) is 2.62. The van der Waals surface area contributed by atoms with Crippen molar-refractivity contribution in [3.05, 3.63) is 35.5 Å². The normalized spacial score (nSPS) is 15.1. The number of carboxylic acid groups (broad SMARTS) is 1. The van der Waals surface area contributed by atoms with E-state index in [1.165, 1.54) is 31.5 Å². The van der Waals surface area contributed by atoms with Gasteiger partial charge in [0.25, 0.3) is 0 Å². The van der Waals surface area contributed by atoms with E-state index in [1.54, 1.807) is 12.1 Å². The molecule has 1 fully saturated rings. The molecule has 4 nitrogen and oxygen atoms in total. The maximum Gasteiger partial charge on any atom is 0.335 e. The molecule has 0 aliphatic carbocycles. The highest BCUT2D eigenvalue weighted by Crippen LogP contribution is 2.27. The van der Waals surface area contributed by atoms with Crippen molar-refractivity contribution in [1.29, 1.82) is 0 Å². The van der Waals surface area contributed by atoms with Gasteiger partial charge >= 0.3 is 5.97 Å². The molecule has 3 rings (SSSR count). The first-order valence-corrected chi connectivity index (χ1v) is 7.91. The van der Waals surface area contributed by atoms with Crippen LogP contribution >= 0.6 is 0 Å². The Labute approximate surface area is 132 Å². The number of aromatic carboxylic acids is 1. The number of carboxylic acids is 1. The Balaban J connectivity index is 0.000000246. The van der Waals surface area contributed by atoms with Crippen LogP contribution in [0.3, 0.4) is 0 Å². The number of hydrogen-bond acceptors (Lipinski definition) is 2. The first-order chi connectivity index (χ1) is 10.4. The number of benzene rings is 1. The zero-order chi connectivity index (χ0) is 16.3. The molecule has 1 aromatic heterocycles. The van der Waals surface area contributed by atoms with Crippen LogP contribution in [0.2, 0.25) is 0 Å². The van der Waals surface area contributed by atoms with E-state index in [0.29, 0.717) is 11.5 Å². The zero-order valence-corrected chi connectivity index (χ0v) is 14.0. The molecule has 120 valence electrons. The summed E-state index contributed by atoms with van der Waals surface area (Å²) in [5.74, 6) is -0.479. The van der Waals surface area contributed by atoms with E-state index in [4.69, 9.17) is 5.11 Å². The van der Waals surface area contributed by atoms with Gasteiger partial charge in [-0.3, -0.25) is 0 Å². The molecule has 0 radical (unpaired) electrons. The average molecular weight is 302 g/mol. The predicted octanol–water partition coefficient (Wildman–Crippen LogP) is 3.71. The lowest BCUT2D eigenvalue weighted by Gasteiger charge is -2.02. The number of fused-ring (bicyclic) bond motifs is 1. The molecule has 1 aliphatic heterocycles. The largest absolute Gasteiger partial charge is 0.478 e. The van der Waals surface area contributed by atoms with Gasteiger partial charge in [-0.2, -0.15) is 0 Å². The summed E-state index contributed by atoms with van der Waals surface area (Å²) in [6, 6.07) is 5.27. The van der Waals surface area contributed by atoms with E-state index in [-0.39, 0.29) is 0 Å². The van der Waals surface area contributed by atoms with Crippen molar-refractivity contribution in [3.8, 4) is 0 Å². The van der Waals surface area contributed by atoms with E-state index >= 15 is 0 Å². The minimum atomic E-state index is -0.875. The molecule has 2 aromatic rings. The van der Waals surface area contributed by atoms with E-state index in [0.717, 1.165) is 10.9 Å². The fraction of sp³-hybridized carbons (Fsp3) is 0.500. The summed E-state index contributed by atoms with van der Waals surface area (Å²) in [7, 11) is 4.15. The molecule has 0 bridgehead atoms. The lowest BCUT2D eigenvalue weighted by molar-refractivity contribution is 0.0697. The first-order valence-electron chi connectivity index (χ1n) is 7.91. The monoisotopic (exact) mass is 302 g/mol. The van der Waals surface area contributed by atoms with Gasteiger partial charge in [-0.15, -0.1) is 0 Å². The van der Waals surface area contributed by atoms with Crippen LogP contribution in [-0.4, -0.2) is 40.7 Å². The third-order valence-electron chi connectivity index (χ3n) is 4.22. The van der Waals surface area contributed by atoms with Gasteiger partial charge in [-0.25, -0.2) is 4.79 Å². The van der Waals surface area contributed by atoms with Crippen LogP contribution < -0.4 is 0 Å². The van der Waals surface area contributed by atoms with Crippen LogP contribution in [0.4, 0.5) is 0 Å². The van der Waals surface area contributed by atoms with Crippen LogP contribution in [0.5, 0.6) is 0 Å². The van der Waals surface area contributed by atoms with Crippen LogP contribution in [-0.2, 0) is 7.05 Å². The predicted molar refractivity (Wildman–Crippen MR) is 90.7 cm³/mol. The van der Waals surface area contributed by atoms with Crippen molar-refractivity contribution in [3.63, 3.8) is 0 Å². The molecule has 1 aromatic carbocycles. The topological polar surface area (TPSA) is 45.5 Å². The van der Waals surface area contributed by atoms with Crippen molar-refractivity contribution < 1.29 is 9.90 Å². The van der Waals surface area contributed by atoms with E-state index < -0.39 is 5.97 Å². The lowest BCUT2D eigenvalue weighted by Crippen LogP contribution is -2.10. The summed E-state index contributed by atoms with van der Waals surface area (Å²) < 4.78 is 2.04. The van der Waals surface area contributed by atoms with Gasteiger partial charge in [0.15, 0.2) is 0 Å². The van der Waals surface area contributed by atoms with Crippen molar-refractivity contribution >= 4 is 16.9 Å². The molecule has 22 heavy (non-hydrogen) atoms. The Morgan fingerprint density at radius 1 is 1.18 bits per heavy atom. The average Bonchev–Trinajstić information content (AvgIpc) is 3.06. The Bertz CT molecular complexity index is 652. The molecule has 1 N–H and O–H groups in total. The third-order valence-corrected chi connectivity index (χ3v) is 4.22. The van der Waals surface area contributed by atoms with Crippen LogP contribution in [0.15, 0.2) is 24.4 Å². The Hall–Kier alpha value is -1.81. The van der Waals surface area contributed by atoms with Gasteiger partial charge in [0.1, 0.15) is 0 Å². The van der Waals surface area contributed by atoms with E-state index in [1.807, 2.05) is 17.7 Å². The van der Waals surface area contributed by atoms with Gasteiger partial charge in [0.2, 0.25) is 0 Å². The summed E-state index contributed by atoms with van der Waals surface area (Å²) in [6.07, 6.45) is 4.90. The molecule has 2 heterocycles. The summed E-state index contributed by atoms with van der Waals surface area (Å²) in [5, 5.41) is 10.0. The summed E-state index contributed by atoms with van der Waals surface area (Å²) in [4.78, 5) is 13.3. The second-order valence-corrected chi connectivity index (χ2v) is 6.40. The van der Waals surface area contributed by atoms with Gasteiger partial charge in [-0.1, -0.05) is 13.8 Å². The van der Waals surface area contributed by atoms with Gasteiger partial charge in [0, 0.05) is 24.1 Å². The standard InChI is InChI=1S/C13H15NO2.C5H11N/c1-8(2)11-7-14(3)12-5-4-9(13(15)16)6-10(11)12;1-6-4-2-3-5-6/h4-8H,1-3H3,(H,15,16);2-5H2,1H3. The Morgan fingerprint density at radius 2 is 1.82 bits per heavy atom. The number of likely N-dealkylation sites (tertiary alicyclic amines) is 1. The van der Waals surface area contributed by atoms with Crippen LogP contribution in [0.25, 0.3) is 10.9 Å². The quantitative estimate of drug-likeness (QED) is 0.919. The number of aromatic nitrogens is 1. The van der Waals surface area contributed by atoms with Crippen molar-refractivity contribution in [1.82, 2.24) is 9.47 Å². The fourth-order valence-electron chi connectivity index (χ4n) is 2.89. The molecule has 1 aliphatic rings. The lowest BCUT2D eigenvalue weighted by atomic mass is 10.0. The number of nitrogens with zero attached hydrogens (tertiary/aromatic N) is 2. The zero-order valence-electron chi connectivity index (χ0n) is 14.0. The number of carbonyl (C=O) groups is 1. The molecule has 0 amide bonds. The van der Waals surface area contributed by atoms with Gasteiger partial charge in [0.05, 0.1) is 5.56 Å². The van der Waals surface area contributed by atoms with Crippen molar-refractivity contribution in [2.24, 2.45) is 7.05 Å². The second-order valence-electron chi connectivity index (χ2n) is 6.40. The molecule has 0 atom stereocenters. The first kappa shape index (κ1) is 16.6. The van der Waals surface area contributed by atoms with Crippen molar-refractivity contribution in [2.75, 3.05) is 20.1 Å². The maximum atomic E-state index is 10.9. The maximum absolute atomic E-state index is 10.9. The SMILES string of the molecule is CC(C)c1cn(C)c2ccc(C(=O)O)cc12.CN1CCCC1. The van der Waals surface area contributed by atoms with Gasteiger partial charge < -0.3 is 14.6 Å². The molecule has 0 saturated carbocycles. The number of aryl methyl sites for hydroxylation is 1. The minimum absolute atomic E-state index is 0.348. The van der Waals surface area contributed by atoms with E-state index in [2.05, 4.69) is 32.0 Å². The Morgan fingerprint density at radius 3 is 2.27 bits per heavy atom. The molecular weight excluding hydrogens is 276 g/mol. The molecule has 0 unspecified atom stereocenters. The minimum Gasteiger partial charge on any atom is -0.478 e. The van der Waals surface area contributed by atoms with Crippen molar-refractivity contribution in [2.45, 2.75) is 32.6 Å². The smallest absolute Gasteiger partial charge is 0.335 e. The number of hydrogen-bond donors (Lipinski definition) is 1. The van der Waals surface area contributed by atoms with Gasteiger partial charge in [-0.05, 0) is 62.7 Å². The molecule has 0 spiro atoms. The summed E-state index contributed by atoms with van der Waals surface area (Å²) in [6.45, 7) is 6.87. The Kier molecular flexibility index (Phi) is 5.24. The third kappa shape index (κ3) is 3.69. The molecule has 4 heteroatoms. The highest BCUT2D eigenvalue weighted by molar-refractivity contribution is 5.95. The van der Waals surface area contributed by atoms with E-state index in [9.17, 15) is 4.79 Å². The second kappa shape index (κ2) is 6.97.